The Labute approximate surface area is 137 Å². The van der Waals surface area contributed by atoms with Gasteiger partial charge in [-0.05, 0) is 79.2 Å². The van der Waals surface area contributed by atoms with Gasteiger partial charge in [0.1, 0.15) is 0 Å². The largest absolute Gasteiger partial charge is 0.399 e. The smallest absolute Gasteiger partial charge is 0.0397 e. The van der Waals surface area contributed by atoms with Crippen LogP contribution in [0.25, 0.3) is 10.8 Å². The minimum Gasteiger partial charge on any atom is -0.399 e. The number of benzene rings is 2. The maximum Gasteiger partial charge on any atom is 0.0397 e. The van der Waals surface area contributed by atoms with Crippen molar-refractivity contribution in [2.75, 3.05) is 11.5 Å². The van der Waals surface area contributed by atoms with Gasteiger partial charge in [0.05, 0.1) is 0 Å². The molecule has 23 heavy (non-hydrogen) atoms. The summed E-state index contributed by atoms with van der Waals surface area (Å²) in [6, 6.07) is 8.67. The Morgan fingerprint density at radius 3 is 2.61 bits per heavy atom. The van der Waals surface area contributed by atoms with Gasteiger partial charge in [-0.1, -0.05) is 17.7 Å². The molecule has 120 valence electrons. The maximum absolute atomic E-state index is 6.30. The molecule has 2 aliphatic rings. The average Bonchev–Trinajstić information content (AvgIpc) is 2.55. The van der Waals surface area contributed by atoms with E-state index in [1.54, 1.807) is 5.57 Å². The van der Waals surface area contributed by atoms with Gasteiger partial charge in [0.2, 0.25) is 0 Å². The highest BCUT2D eigenvalue weighted by Crippen LogP contribution is 2.39. The highest BCUT2D eigenvalue weighted by Gasteiger charge is 2.25. The zero-order valence-electron chi connectivity index (χ0n) is 13.5. The summed E-state index contributed by atoms with van der Waals surface area (Å²) in [7, 11) is 0. The molecule has 0 amide bonds. The fourth-order valence-corrected chi connectivity index (χ4v) is 4.31. The molecule has 0 bridgehead atoms. The molecule has 2 atom stereocenters. The van der Waals surface area contributed by atoms with Crippen molar-refractivity contribution >= 4 is 22.1 Å². The fraction of sp³-hybridized carbons (Fsp3) is 0.400. The third-order valence-electron chi connectivity index (χ3n) is 5.62. The van der Waals surface area contributed by atoms with Crippen molar-refractivity contribution in [3.8, 4) is 0 Å². The van der Waals surface area contributed by atoms with Gasteiger partial charge in [-0.2, -0.15) is 0 Å². The van der Waals surface area contributed by atoms with Crippen LogP contribution in [-0.2, 0) is 12.8 Å². The SMILES string of the molecule is Nc1ccc2c3c(cc(N)c2c1)CC(C1=CCC(N)CC1)CC3. The van der Waals surface area contributed by atoms with Crippen LogP contribution in [0.15, 0.2) is 35.9 Å². The molecule has 0 saturated heterocycles. The molecule has 2 aromatic carbocycles. The molecule has 3 nitrogen and oxygen atoms in total. The lowest BCUT2D eigenvalue weighted by Crippen LogP contribution is -2.25. The molecule has 2 aliphatic carbocycles. The fourth-order valence-electron chi connectivity index (χ4n) is 4.31. The van der Waals surface area contributed by atoms with Crippen molar-refractivity contribution in [2.24, 2.45) is 11.7 Å². The van der Waals surface area contributed by atoms with E-state index in [1.165, 1.54) is 29.4 Å². The Balaban J connectivity index is 1.70. The Morgan fingerprint density at radius 1 is 0.957 bits per heavy atom. The first-order valence-electron chi connectivity index (χ1n) is 8.66. The third-order valence-corrected chi connectivity index (χ3v) is 5.62. The van der Waals surface area contributed by atoms with Crippen molar-refractivity contribution in [1.82, 2.24) is 0 Å². The molecule has 0 spiro atoms. The Hall–Kier alpha value is -2.00. The molecule has 0 aromatic heterocycles. The van der Waals surface area contributed by atoms with Crippen LogP contribution in [0.5, 0.6) is 0 Å². The first kappa shape index (κ1) is 14.6. The predicted molar refractivity (Wildman–Crippen MR) is 98.2 cm³/mol. The molecular weight excluding hydrogens is 282 g/mol. The second kappa shape index (κ2) is 5.57. The van der Waals surface area contributed by atoms with Crippen molar-refractivity contribution in [3.05, 3.63) is 47.0 Å². The minimum atomic E-state index is 0.361. The molecule has 2 aromatic rings. The third kappa shape index (κ3) is 2.59. The monoisotopic (exact) mass is 307 g/mol. The summed E-state index contributed by atoms with van der Waals surface area (Å²) in [6.45, 7) is 0. The van der Waals surface area contributed by atoms with Gasteiger partial charge in [0.25, 0.3) is 0 Å². The van der Waals surface area contributed by atoms with Crippen molar-refractivity contribution in [3.63, 3.8) is 0 Å². The molecule has 3 heteroatoms. The van der Waals surface area contributed by atoms with E-state index in [2.05, 4.69) is 18.2 Å². The van der Waals surface area contributed by atoms with Gasteiger partial charge in [0, 0.05) is 22.8 Å². The summed E-state index contributed by atoms with van der Waals surface area (Å²) >= 11 is 0. The van der Waals surface area contributed by atoms with Crippen LogP contribution in [0.3, 0.4) is 0 Å². The molecule has 2 unspecified atom stereocenters. The Kier molecular flexibility index (Phi) is 3.53. The topological polar surface area (TPSA) is 78.1 Å². The first-order chi connectivity index (χ1) is 11.1. The number of fused-ring (bicyclic) bond motifs is 3. The van der Waals surface area contributed by atoms with E-state index in [9.17, 15) is 0 Å². The van der Waals surface area contributed by atoms with Crippen LogP contribution in [0.1, 0.15) is 36.8 Å². The molecule has 0 radical (unpaired) electrons. The molecule has 4 rings (SSSR count). The molecule has 0 fully saturated rings. The summed E-state index contributed by atoms with van der Waals surface area (Å²) in [5, 5.41) is 2.39. The number of aryl methyl sites for hydroxylation is 1. The van der Waals surface area contributed by atoms with Crippen LogP contribution in [0.4, 0.5) is 11.4 Å². The highest BCUT2D eigenvalue weighted by atomic mass is 14.6. The number of hydrogen-bond acceptors (Lipinski definition) is 3. The van der Waals surface area contributed by atoms with E-state index in [0.717, 1.165) is 42.4 Å². The van der Waals surface area contributed by atoms with Crippen molar-refractivity contribution < 1.29 is 0 Å². The highest BCUT2D eigenvalue weighted by molar-refractivity contribution is 5.98. The number of anilines is 2. The second-order valence-electron chi connectivity index (χ2n) is 7.16. The standard InChI is InChI=1S/C20H25N3/c21-15-4-1-12(2-5-15)13-3-7-17-14(9-13)10-20(23)19-11-16(22)6-8-18(17)19/h1,6,8,10-11,13,15H,2-5,7,9,21-23H2. The van der Waals surface area contributed by atoms with Crippen LogP contribution in [0, 0.1) is 5.92 Å². The van der Waals surface area contributed by atoms with Crippen LogP contribution in [0.2, 0.25) is 0 Å². The second-order valence-corrected chi connectivity index (χ2v) is 7.16. The predicted octanol–water partition coefficient (Wildman–Crippen LogP) is 3.55. The van der Waals surface area contributed by atoms with Gasteiger partial charge < -0.3 is 17.2 Å². The van der Waals surface area contributed by atoms with Crippen molar-refractivity contribution in [1.29, 1.82) is 0 Å². The minimum absolute atomic E-state index is 0.361. The van der Waals surface area contributed by atoms with E-state index in [1.807, 2.05) is 12.1 Å². The molecule has 0 heterocycles. The molecule has 0 aliphatic heterocycles. The van der Waals surface area contributed by atoms with E-state index >= 15 is 0 Å². The molecule has 0 saturated carbocycles. The van der Waals surface area contributed by atoms with Gasteiger partial charge in [-0.15, -0.1) is 0 Å². The maximum atomic E-state index is 6.30. The summed E-state index contributed by atoms with van der Waals surface area (Å²) in [4.78, 5) is 0. The number of rotatable bonds is 1. The van der Waals surface area contributed by atoms with Crippen molar-refractivity contribution in [2.45, 2.75) is 44.6 Å². The zero-order valence-corrected chi connectivity index (χ0v) is 13.5. The lowest BCUT2D eigenvalue weighted by atomic mass is 9.75. The van der Waals surface area contributed by atoms with Crippen LogP contribution >= 0.6 is 0 Å². The first-order valence-corrected chi connectivity index (χ1v) is 8.66. The van der Waals surface area contributed by atoms with Gasteiger partial charge in [0.15, 0.2) is 0 Å². The number of nitrogens with two attached hydrogens (primary N) is 3. The van der Waals surface area contributed by atoms with Gasteiger partial charge in [-0.3, -0.25) is 0 Å². The zero-order chi connectivity index (χ0) is 16.0. The van der Waals surface area contributed by atoms with E-state index in [0.29, 0.717) is 12.0 Å². The summed E-state index contributed by atoms with van der Waals surface area (Å²) in [5.74, 6) is 0.667. The Bertz CT molecular complexity index is 791. The number of nitrogen functional groups attached to an aromatic ring is 2. The van der Waals surface area contributed by atoms with Gasteiger partial charge in [-0.25, -0.2) is 0 Å². The summed E-state index contributed by atoms with van der Waals surface area (Å²) in [5.41, 5.74) is 24.4. The lowest BCUT2D eigenvalue weighted by Gasteiger charge is -2.31. The Morgan fingerprint density at radius 2 is 1.83 bits per heavy atom. The normalized spacial score (nSPS) is 24.3. The number of allylic oxidation sites excluding steroid dienone is 1. The van der Waals surface area contributed by atoms with E-state index in [-0.39, 0.29) is 0 Å². The van der Waals surface area contributed by atoms with Crippen LogP contribution < -0.4 is 17.2 Å². The number of hydrogen-bond donors (Lipinski definition) is 3. The van der Waals surface area contributed by atoms with E-state index in [4.69, 9.17) is 17.2 Å². The van der Waals surface area contributed by atoms with Gasteiger partial charge >= 0.3 is 0 Å². The average molecular weight is 307 g/mol. The van der Waals surface area contributed by atoms with Crippen LogP contribution in [-0.4, -0.2) is 6.04 Å². The summed E-state index contributed by atoms with van der Waals surface area (Å²) in [6.07, 6.45) is 9.21. The van der Waals surface area contributed by atoms with E-state index < -0.39 is 0 Å². The quantitative estimate of drug-likeness (QED) is 0.557. The molecule has 6 N–H and O–H groups in total. The molecular formula is C20H25N3. The summed E-state index contributed by atoms with van der Waals surface area (Å²) < 4.78 is 0. The lowest BCUT2D eigenvalue weighted by molar-refractivity contribution is 0.473.